The van der Waals surface area contributed by atoms with Gasteiger partial charge in [0.1, 0.15) is 16.2 Å². The molecule has 1 fully saturated rings. The second-order valence-corrected chi connectivity index (χ2v) is 15.0. The van der Waals surface area contributed by atoms with Crippen LogP contribution in [0.2, 0.25) is 0 Å². The molecule has 6 aromatic rings. The molecule has 0 radical (unpaired) electrons. The van der Waals surface area contributed by atoms with Crippen LogP contribution in [0.3, 0.4) is 0 Å². The number of pyridine rings is 2. The third kappa shape index (κ3) is 10.7. The van der Waals surface area contributed by atoms with Crippen molar-refractivity contribution in [1.29, 1.82) is 0 Å². The standard InChI is InChI=1S/C17H22BN5O2.C11H10BrN5.C2H4Cl2.C2H4O2.K/c1-16(2)17(3,4)25-18(24-16)12-7-13-14(11-8-20-22(5)10-11)21-23(6)15(13)19-9-12;1-16-6-7(4-14-16)10-9-3-8(12)5-13-11(9)17(2)15-10;2*1-2(3)4;/h7-10H,1-6H3;3-6H,1-2H3;2H,1H3;1H3,(H,3,4);/q;;;;+1/p-1. The number of aliphatic carboxylic acids is 1. The molecule has 0 aliphatic carbocycles. The van der Waals surface area contributed by atoms with Crippen molar-refractivity contribution in [3.05, 3.63) is 53.8 Å². The summed E-state index contributed by atoms with van der Waals surface area (Å²) in [6, 6.07) is 4.08. The number of carbonyl (C=O) groups is 1. The van der Waals surface area contributed by atoms with Gasteiger partial charge in [-0.05, 0) is 69.6 Å². The van der Waals surface area contributed by atoms with E-state index in [2.05, 4.69) is 52.4 Å². The van der Waals surface area contributed by atoms with Gasteiger partial charge in [-0.2, -0.15) is 20.4 Å². The Morgan fingerprint density at radius 1 is 0.824 bits per heavy atom. The number of halogens is 3. The molecule has 0 bridgehead atoms. The predicted octanol–water partition coefficient (Wildman–Crippen LogP) is 1.37. The van der Waals surface area contributed by atoms with Gasteiger partial charge in [0.15, 0.2) is 11.3 Å². The Labute approximate surface area is 357 Å². The molecule has 0 amide bonds. The number of carbonyl (C=O) groups excluding carboxylic acids is 1. The first-order valence-electron chi connectivity index (χ1n) is 15.4. The van der Waals surface area contributed by atoms with Gasteiger partial charge in [0.05, 0.1) is 23.6 Å². The van der Waals surface area contributed by atoms with Gasteiger partial charge in [-0.15, -0.1) is 23.2 Å². The maximum Gasteiger partial charge on any atom is 1.00 e. The summed E-state index contributed by atoms with van der Waals surface area (Å²) >= 11 is 13.5. The van der Waals surface area contributed by atoms with Crippen molar-refractivity contribution in [2.75, 3.05) is 0 Å². The van der Waals surface area contributed by atoms with Gasteiger partial charge in [-0.1, -0.05) is 0 Å². The topological polar surface area (TPSA) is 156 Å². The minimum Gasteiger partial charge on any atom is -0.550 e. The van der Waals surface area contributed by atoms with E-state index in [9.17, 15) is 0 Å². The summed E-state index contributed by atoms with van der Waals surface area (Å²) in [4.78, 5) is 17.6. The van der Waals surface area contributed by atoms with E-state index in [1.54, 1.807) is 38.0 Å². The van der Waals surface area contributed by atoms with Crippen molar-refractivity contribution in [3.63, 3.8) is 0 Å². The van der Waals surface area contributed by atoms with Crippen LogP contribution in [0, 0.1) is 0 Å². The summed E-state index contributed by atoms with van der Waals surface area (Å²) in [5, 5.41) is 28.4. The minimum absolute atomic E-state index is 0. The van der Waals surface area contributed by atoms with E-state index in [4.69, 9.17) is 42.4 Å². The van der Waals surface area contributed by atoms with Gasteiger partial charge in [0, 0.05) is 90.8 Å². The van der Waals surface area contributed by atoms with E-state index < -0.39 is 13.1 Å². The summed E-state index contributed by atoms with van der Waals surface area (Å²) in [7, 11) is 7.13. The van der Waals surface area contributed by atoms with E-state index in [1.807, 2.05) is 86.7 Å². The average molecular weight is 828 g/mol. The Kier molecular flexibility index (Phi) is 15.0. The Morgan fingerprint density at radius 3 is 1.61 bits per heavy atom. The van der Waals surface area contributed by atoms with Gasteiger partial charge in [0.2, 0.25) is 0 Å². The first kappa shape index (κ1) is 43.2. The molecule has 0 atom stereocenters. The van der Waals surface area contributed by atoms with Crippen molar-refractivity contribution in [2.24, 2.45) is 28.2 Å². The van der Waals surface area contributed by atoms with Gasteiger partial charge in [0.25, 0.3) is 0 Å². The molecule has 7 rings (SSSR count). The molecule has 6 aromatic heterocycles. The number of nitrogens with zero attached hydrogens (tertiary/aromatic N) is 10. The molecule has 1 aliphatic heterocycles. The van der Waals surface area contributed by atoms with Gasteiger partial charge >= 0.3 is 58.5 Å². The van der Waals surface area contributed by atoms with Crippen LogP contribution < -0.4 is 62.0 Å². The van der Waals surface area contributed by atoms with Gasteiger partial charge in [-0.25, -0.2) is 19.3 Å². The summed E-state index contributed by atoms with van der Waals surface area (Å²) in [5.74, 6) is -1.08. The van der Waals surface area contributed by atoms with E-state index in [1.165, 1.54) is 0 Å². The van der Waals surface area contributed by atoms with E-state index in [0.29, 0.717) is 0 Å². The zero-order valence-corrected chi connectivity index (χ0v) is 36.7. The molecule has 7 heterocycles. The molecule has 0 spiro atoms. The number of hydrogen-bond acceptors (Lipinski definition) is 10. The van der Waals surface area contributed by atoms with Crippen LogP contribution in [-0.4, -0.2) is 78.2 Å². The molecule has 1 aliphatic rings. The number of aromatic nitrogens is 10. The summed E-state index contributed by atoms with van der Waals surface area (Å²) in [5.41, 5.74) is 5.54. The minimum atomic E-state index is -1.08. The molecule has 0 unspecified atom stereocenters. The van der Waals surface area contributed by atoms with Crippen LogP contribution in [0.4, 0.5) is 0 Å². The Bertz CT molecular complexity index is 2090. The zero-order chi connectivity index (χ0) is 37.1. The molecule has 266 valence electrons. The van der Waals surface area contributed by atoms with E-state index >= 15 is 0 Å². The van der Waals surface area contributed by atoms with Crippen molar-refractivity contribution >= 4 is 79.7 Å². The number of alkyl halides is 2. The smallest absolute Gasteiger partial charge is 0.550 e. The van der Waals surface area contributed by atoms with Crippen LogP contribution in [0.1, 0.15) is 41.5 Å². The molecule has 1 saturated heterocycles. The summed E-state index contributed by atoms with van der Waals surface area (Å²) < 4.78 is 20.3. The molecule has 14 nitrogen and oxygen atoms in total. The third-order valence-electron chi connectivity index (χ3n) is 7.83. The first-order chi connectivity index (χ1) is 23.3. The second kappa shape index (κ2) is 17.8. The van der Waals surface area contributed by atoms with Crippen molar-refractivity contribution in [1.82, 2.24) is 49.1 Å². The zero-order valence-electron chi connectivity index (χ0n) is 30.5. The summed E-state index contributed by atoms with van der Waals surface area (Å²) in [6.45, 7) is 10.9. The van der Waals surface area contributed by atoms with Gasteiger partial charge < -0.3 is 19.2 Å². The van der Waals surface area contributed by atoms with Crippen LogP contribution in [-0.2, 0) is 42.3 Å². The fraction of sp³-hybridized carbons (Fsp3) is 0.406. The molecule has 0 N–H and O–H groups in total. The van der Waals surface area contributed by atoms with Crippen molar-refractivity contribution in [3.8, 4) is 22.5 Å². The molecule has 51 heavy (non-hydrogen) atoms. The quantitative estimate of drug-likeness (QED) is 0.189. The number of carboxylic acid groups (broad SMARTS) is 1. The Hall–Kier alpha value is -2.19. The van der Waals surface area contributed by atoms with Crippen LogP contribution in [0.25, 0.3) is 44.6 Å². The molecule has 0 saturated carbocycles. The second-order valence-electron chi connectivity index (χ2n) is 12.5. The van der Waals surface area contributed by atoms with Crippen LogP contribution in [0.5, 0.6) is 0 Å². The van der Waals surface area contributed by atoms with Crippen LogP contribution >= 0.6 is 39.1 Å². The van der Waals surface area contributed by atoms with Crippen molar-refractivity contribution < 1.29 is 70.6 Å². The Morgan fingerprint density at radius 2 is 1.22 bits per heavy atom. The maximum absolute atomic E-state index is 8.89. The monoisotopic (exact) mass is 826 g/mol. The number of rotatable bonds is 3. The van der Waals surface area contributed by atoms with Crippen LogP contribution in [0.15, 0.2) is 53.8 Å². The number of carboxylic acids is 1. The fourth-order valence-electron chi connectivity index (χ4n) is 4.89. The molecule has 19 heteroatoms. The maximum atomic E-state index is 8.89. The van der Waals surface area contributed by atoms with E-state index in [0.717, 1.165) is 61.4 Å². The SMILES string of the molecule is CC(=O)[O-].CC(Cl)Cl.Cn1cc(-c2nn(C)c3ncc(B4OC(C)(C)C(C)(C)O4)cc23)cn1.Cn1cc(-c2nn(C)c3ncc(Br)cc23)cn1.[K+]. The average Bonchev–Trinajstić information content (AvgIpc) is 3.81. The Balaban J connectivity index is 0.000000234. The molecular weight excluding hydrogens is 789 g/mol. The van der Waals surface area contributed by atoms with Crippen molar-refractivity contribution in [2.45, 2.75) is 57.6 Å². The predicted molar refractivity (Wildman–Crippen MR) is 197 cm³/mol. The van der Waals surface area contributed by atoms with Gasteiger partial charge in [-0.3, -0.25) is 9.36 Å². The number of fused-ring (bicyclic) bond motifs is 2. The normalized spacial score (nSPS) is 14.3. The first-order valence-corrected chi connectivity index (χ1v) is 17.1. The summed E-state index contributed by atoms with van der Waals surface area (Å²) in [6.07, 6.45) is 11.1. The number of hydrogen-bond donors (Lipinski definition) is 0. The molecular formula is C32H39BBrCl2KN10O4. The fourth-order valence-corrected chi connectivity index (χ4v) is 5.23. The largest absolute Gasteiger partial charge is 1.00 e. The number of aryl methyl sites for hydroxylation is 4. The molecule has 0 aromatic carbocycles. The third-order valence-corrected chi connectivity index (χ3v) is 8.26. The van der Waals surface area contributed by atoms with E-state index in [-0.39, 0.29) is 67.4 Å².